The van der Waals surface area contributed by atoms with Crippen LogP contribution in [0.4, 0.5) is 5.82 Å². The maximum Gasteiger partial charge on any atom is 0.256 e. The molecule has 0 aliphatic heterocycles. The fraction of sp³-hybridized carbons (Fsp3) is 0.227. The number of aromatic nitrogens is 2. The van der Waals surface area contributed by atoms with E-state index in [1.165, 1.54) is 13.2 Å². The Morgan fingerprint density at radius 1 is 1.10 bits per heavy atom. The molecule has 2 aromatic carbocycles. The van der Waals surface area contributed by atoms with Gasteiger partial charge in [0, 0.05) is 25.2 Å². The van der Waals surface area contributed by atoms with Gasteiger partial charge in [-0.25, -0.2) is 0 Å². The number of amides is 2. The summed E-state index contributed by atoms with van der Waals surface area (Å²) in [7, 11) is 3.29. The number of nitrogens with one attached hydrogen (secondary N) is 2. The Kier molecular flexibility index (Phi) is 6.82. The molecule has 0 aliphatic carbocycles. The quantitative estimate of drug-likeness (QED) is 0.497. The Bertz CT molecular complexity index is 1030. The minimum absolute atomic E-state index is 0.285. The summed E-state index contributed by atoms with van der Waals surface area (Å²) >= 11 is 0. The first-order chi connectivity index (χ1) is 14.5. The first-order valence-electron chi connectivity index (χ1n) is 9.60. The molecule has 0 unspecified atom stereocenters. The van der Waals surface area contributed by atoms with E-state index in [0.717, 1.165) is 11.3 Å². The van der Waals surface area contributed by atoms with Gasteiger partial charge in [0.25, 0.3) is 11.8 Å². The second-order valence-corrected chi connectivity index (χ2v) is 6.67. The van der Waals surface area contributed by atoms with Crippen molar-refractivity contribution in [3.05, 3.63) is 65.7 Å². The predicted octanol–water partition coefficient (Wildman–Crippen LogP) is 2.43. The van der Waals surface area contributed by atoms with Gasteiger partial charge in [0.05, 0.1) is 18.4 Å². The summed E-state index contributed by atoms with van der Waals surface area (Å²) < 4.78 is 6.96. The van der Waals surface area contributed by atoms with E-state index in [0.29, 0.717) is 36.6 Å². The summed E-state index contributed by atoms with van der Waals surface area (Å²) in [5.74, 6) is 0.123. The van der Waals surface area contributed by atoms with Crippen LogP contribution in [0, 0.1) is 0 Å². The largest absolute Gasteiger partial charge is 0.496 e. The minimum Gasteiger partial charge on any atom is -0.496 e. The topological polar surface area (TPSA) is 111 Å². The van der Waals surface area contributed by atoms with Crippen molar-refractivity contribution in [3.8, 4) is 17.0 Å². The van der Waals surface area contributed by atoms with Crippen LogP contribution in [0.5, 0.6) is 5.75 Å². The van der Waals surface area contributed by atoms with E-state index in [9.17, 15) is 9.59 Å². The van der Waals surface area contributed by atoms with Gasteiger partial charge >= 0.3 is 0 Å². The highest BCUT2D eigenvalue weighted by Crippen LogP contribution is 2.23. The summed E-state index contributed by atoms with van der Waals surface area (Å²) in [6, 6.07) is 16.3. The van der Waals surface area contributed by atoms with Gasteiger partial charge in [0.15, 0.2) is 5.82 Å². The molecule has 0 radical (unpaired) electrons. The molecule has 0 spiro atoms. The van der Waals surface area contributed by atoms with E-state index >= 15 is 0 Å². The number of benzene rings is 2. The number of aryl methyl sites for hydroxylation is 1. The highest BCUT2D eigenvalue weighted by Gasteiger charge is 2.17. The van der Waals surface area contributed by atoms with Crippen LogP contribution in [-0.2, 0) is 7.05 Å². The molecule has 4 N–H and O–H groups in total. The molecular weight excluding hydrogens is 382 g/mol. The molecule has 0 aliphatic rings. The van der Waals surface area contributed by atoms with Crippen molar-refractivity contribution in [2.45, 2.75) is 6.42 Å². The lowest BCUT2D eigenvalue weighted by Crippen LogP contribution is -2.26. The molecule has 3 aromatic rings. The molecule has 0 saturated carbocycles. The zero-order chi connectivity index (χ0) is 21.5. The Labute approximate surface area is 175 Å². The molecule has 0 atom stereocenters. The molecule has 0 saturated heterocycles. The molecule has 8 nitrogen and oxygen atoms in total. The highest BCUT2D eigenvalue weighted by molar-refractivity contribution is 6.06. The van der Waals surface area contributed by atoms with Crippen molar-refractivity contribution in [2.75, 3.05) is 25.5 Å². The Morgan fingerprint density at radius 3 is 2.57 bits per heavy atom. The maximum absolute atomic E-state index is 12.8. The Morgan fingerprint density at radius 2 is 1.87 bits per heavy atom. The molecule has 156 valence electrons. The summed E-state index contributed by atoms with van der Waals surface area (Å²) in [6.45, 7) is 0.931. The predicted molar refractivity (Wildman–Crippen MR) is 116 cm³/mol. The van der Waals surface area contributed by atoms with E-state index in [-0.39, 0.29) is 17.4 Å². The van der Waals surface area contributed by atoms with E-state index in [2.05, 4.69) is 15.7 Å². The van der Waals surface area contributed by atoms with Crippen LogP contribution < -0.4 is 21.1 Å². The van der Waals surface area contributed by atoms with Crippen molar-refractivity contribution >= 4 is 17.6 Å². The summed E-state index contributed by atoms with van der Waals surface area (Å²) in [4.78, 5) is 25.2. The normalized spacial score (nSPS) is 10.5. The SMILES string of the molecule is COc1ccc(C(=O)Nc2cc(-c3ccccc3)n(C)n2)cc1C(=O)NCCCN. The van der Waals surface area contributed by atoms with Gasteiger partial charge in [0.2, 0.25) is 0 Å². The van der Waals surface area contributed by atoms with Crippen molar-refractivity contribution in [1.82, 2.24) is 15.1 Å². The summed E-state index contributed by atoms with van der Waals surface area (Å²) in [6.07, 6.45) is 0.664. The van der Waals surface area contributed by atoms with Gasteiger partial charge < -0.3 is 21.1 Å². The van der Waals surface area contributed by atoms with E-state index < -0.39 is 0 Å². The number of rotatable bonds is 8. The first kappa shape index (κ1) is 21.1. The molecule has 30 heavy (non-hydrogen) atoms. The first-order valence-corrected chi connectivity index (χ1v) is 9.60. The lowest BCUT2D eigenvalue weighted by molar-refractivity contribution is 0.0950. The zero-order valence-corrected chi connectivity index (χ0v) is 17.0. The van der Waals surface area contributed by atoms with Crippen molar-refractivity contribution < 1.29 is 14.3 Å². The van der Waals surface area contributed by atoms with Crippen LogP contribution in [0.25, 0.3) is 11.3 Å². The standard InChI is InChI=1S/C22H25N5O3/c1-27-18(15-7-4-3-5-8-15)14-20(26-27)25-21(28)16-9-10-19(30-2)17(13-16)22(29)24-12-6-11-23/h3-5,7-10,13-14H,6,11-12,23H2,1-2H3,(H,24,29)(H,25,26,28). The molecule has 0 bridgehead atoms. The second kappa shape index (κ2) is 9.71. The highest BCUT2D eigenvalue weighted by atomic mass is 16.5. The number of carbonyl (C=O) groups is 2. The lowest BCUT2D eigenvalue weighted by atomic mass is 10.1. The van der Waals surface area contributed by atoms with Crippen molar-refractivity contribution in [2.24, 2.45) is 12.8 Å². The van der Waals surface area contributed by atoms with E-state index in [1.54, 1.807) is 22.9 Å². The molecular formula is C22H25N5O3. The maximum atomic E-state index is 12.8. The van der Waals surface area contributed by atoms with Gasteiger partial charge in [-0.1, -0.05) is 30.3 Å². The third-order valence-electron chi connectivity index (χ3n) is 4.56. The van der Waals surface area contributed by atoms with Crippen molar-refractivity contribution in [3.63, 3.8) is 0 Å². The summed E-state index contributed by atoms with van der Waals surface area (Å²) in [5, 5.41) is 9.92. The molecule has 0 fully saturated rings. The average molecular weight is 407 g/mol. The number of anilines is 1. The third-order valence-corrected chi connectivity index (χ3v) is 4.56. The van der Waals surface area contributed by atoms with E-state index in [4.69, 9.17) is 10.5 Å². The number of hydrogen-bond donors (Lipinski definition) is 3. The fourth-order valence-corrected chi connectivity index (χ4v) is 3.02. The number of methoxy groups -OCH3 is 1. The molecule has 3 rings (SSSR count). The number of nitrogens with zero attached hydrogens (tertiary/aromatic N) is 2. The monoisotopic (exact) mass is 407 g/mol. The fourth-order valence-electron chi connectivity index (χ4n) is 3.02. The van der Waals surface area contributed by atoms with Crippen LogP contribution in [0.3, 0.4) is 0 Å². The van der Waals surface area contributed by atoms with Crippen LogP contribution >= 0.6 is 0 Å². The van der Waals surface area contributed by atoms with Gasteiger partial charge in [-0.05, 0) is 36.7 Å². The minimum atomic E-state index is -0.369. The number of hydrogen-bond acceptors (Lipinski definition) is 5. The van der Waals surface area contributed by atoms with Gasteiger partial charge in [-0.2, -0.15) is 5.10 Å². The second-order valence-electron chi connectivity index (χ2n) is 6.67. The van der Waals surface area contributed by atoms with Gasteiger partial charge in [-0.15, -0.1) is 0 Å². The van der Waals surface area contributed by atoms with Gasteiger partial charge in [0.1, 0.15) is 5.75 Å². The number of ether oxygens (including phenoxy) is 1. The van der Waals surface area contributed by atoms with Crippen LogP contribution in [0.15, 0.2) is 54.6 Å². The molecule has 1 aromatic heterocycles. The lowest BCUT2D eigenvalue weighted by Gasteiger charge is -2.11. The van der Waals surface area contributed by atoms with E-state index in [1.807, 2.05) is 37.4 Å². The third kappa shape index (κ3) is 4.84. The van der Waals surface area contributed by atoms with Crippen LogP contribution in [0.1, 0.15) is 27.1 Å². The Balaban J connectivity index is 1.79. The summed E-state index contributed by atoms with van der Waals surface area (Å²) in [5.41, 5.74) is 7.94. The van der Waals surface area contributed by atoms with Crippen LogP contribution in [-0.4, -0.2) is 41.8 Å². The molecule has 1 heterocycles. The van der Waals surface area contributed by atoms with Crippen molar-refractivity contribution in [1.29, 1.82) is 0 Å². The van der Waals surface area contributed by atoms with Gasteiger partial charge in [-0.3, -0.25) is 14.3 Å². The molecule has 2 amide bonds. The number of carbonyl (C=O) groups excluding carboxylic acids is 2. The smallest absolute Gasteiger partial charge is 0.256 e. The zero-order valence-electron chi connectivity index (χ0n) is 17.0. The van der Waals surface area contributed by atoms with Crippen LogP contribution in [0.2, 0.25) is 0 Å². The number of nitrogens with two attached hydrogens (primary N) is 1. The Hall–Kier alpha value is -3.65. The average Bonchev–Trinajstić information content (AvgIpc) is 3.13. The molecule has 8 heteroatoms.